The second-order valence-electron chi connectivity index (χ2n) is 1.38. The van der Waals surface area contributed by atoms with Crippen molar-refractivity contribution in [3.05, 3.63) is 0 Å². The van der Waals surface area contributed by atoms with Crippen LogP contribution in [0, 0.1) is 0 Å². The molecule has 0 saturated heterocycles. The number of rotatable bonds is 0. The molecule has 0 aromatic rings. The van der Waals surface area contributed by atoms with E-state index < -0.39 is 33.1 Å². The molecule has 0 aliphatic heterocycles. The zero-order valence-electron chi connectivity index (χ0n) is 10.7. The summed E-state index contributed by atoms with van der Waals surface area (Å²) in [7, 11) is -10.3. The minimum Gasteiger partial charge on any atom is -0.870 e. The van der Waals surface area contributed by atoms with Gasteiger partial charge in [0.15, 0.2) is 0 Å². The van der Waals surface area contributed by atoms with Gasteiger partial charge in [0, 0.05) is 20.8 Å². The van der Waals surface area contributed by atoms with Crippen molar-refractivity contribution in [2.24, 2.45) is 0 Å². The minimum atomic E-state index is -5.17. The van der Waals surface area contributed by atoms with E-state index in [0.717, 1.165) is 0 Å². The first-order valence-corrected chi connectivity index (χ1v) is 5.30. The van der Waals surface area contributed by atoms with Gasteiger partial charge in [-0.3, -0.25) is 16.8 Å². The third kappa shape index (κ3) is 2960. The third-order valence-corrected chi connectivity index (χ3v) is 0. The number of carboxylic acid groups (broad SMARTS) is 4. The molecule has 6 N–H and O–H groups in total. The normalized spacial score (nSPS) is 7.13. The predicted octanol–water partition coefficient (Wildman–Crippen LogP) is -3.73. The molecular formula is C2H6Ca3O16S2. The second-order valence-corrected chi connectivity index (χ2v) is 3.01. The van der Waals surface area contributed by atoms with Crippen molar-refractivity contribution in [3.63, 3.8) is 0 Å². The molecular weight excluding hydrogens is 464 g/mol. The van der Waals surface area contributed by atoms with Crippen LogP contribution in [0.1, 0.15) is 0 Å². The molecule has 23 heavy (non-hydrogen) atoms. The van der Waals surface area contributed by atoms with Gasteiger partial charge in [0.1, 0.15) is 0 Å². The van der Waals surface area contributed by atoms with Crippen LogP contribution in [0.4, 0.5) is 9.59 Å². The van der Waals surface area contributed by atoms with Crippen LogP contribution in [-0.2, 0) is 20.8 Å². The molecule has 0 aromatic carbocycles. The molecule has 0 atom stereocenters. The van der Waals surface area contributed by atoms with Gasteiger partial charge in [-0.1, -0.05) is 0 Å². The molecule has 0 spiro atoms. The van der Waals surface area contributed by atoms with E-state index in [2.05, 4.69) is 0 Å². The van der Waals surface area contributed by atoms with Gasteiger partial charge < -0.3 is 49.6 Å². The summed E-state index contributed by atoms with van der Waals surface area (Å²) in [6.45, 7) is 0. The SMILES string of the molecule is O=C(O)O.O=C(O)O.O=S(=O)([O-])[O-].O=S(=O)([O-])[O-].[Ca+2].[Ca+2].[Ca+2].[OH-].[OH-]. The van der Waals surface area contributed by atoms with Crippen LogP contribution in [0.5, 0.6) is 0 Å². The van der Waals surface area contributed by atoms with E-state index in [9.17, 15) is 0 Å². The number of hydrogen-bond donors (Lipinski definition) is 4. The van der Waals surface area contributed by atoms with E-state index in [0.29, 0.717) is 0 Å². The van der Waals surface area contributed by atoms with Crippen molar-refractivity contribution in [1.29, 1.82) is 0 Å². The maximum absolute atomic E-state index is 8.56. The van der Waals surface area contributed by atoms with Crippen LogP contribution >= 0.6 is 0 Å². The van der Waals surface area contributed by atoms with Gasteiger partial charge in [-0.15, -0.1) is 0 Å². The Morgan fingerprint density at radius 2 is 0.565 bits per heavy atom. The quantitative estimate of drug-likeness (QED) is 0.150. The van der Waals surface area contributed by atoms with Crippen molar-refractivity contribution < 1.29 is 76.0 Å². The topological polar surface area (TPSA) is 336 Å². The summed E-state index contributed by atoms with van der Waals surface area (Å²) in [6, 6.07) is 0. The van der Waals surface area contributed by atoms with E-state index >= 15 is 0 Å². The number of carbonyl (C=O) groups is 2. The van der Waals surface area contributed by atoms with Crippen molar-refractivity contribution in [2.75, 3.05) is 0 Å². The first-order chi connectivity index (χ1) is 7.46. The van der Waals surface area contributed by atoms with Crippen LogP contribution in [0.3, 0.4) is 0 Å². The fourth-order valence-electron chi connectivity index (χ4n) is 0. The maximum atomic E-state index is 8.56. The molecule has 21 heteroatoms. The Morgan fingerprint density at radius 1 is 0.565 bits per heavy atom. The van der Waals surface area contributed by atoms with E-state index in [4.69, 9.17) is 65.1 Å². The Bertz CT molecular complexity index is 358. The second kappa shape index (κ2) is 31.7. The summed E-state index contributed by atoms with van der Waals surface area (Å²) in [5.41, 5.74) is 0. The van der Waals surface area contributed by atoms with Crippen LogP contribution in [0.15, 0.2) is 0 Å². The Hall–Kier alpha value is 1.98. The van der Waals surface area contributed by atoms with Crippen molar-refractivity contribution >= 4 is 146 Å². The average molecular weight is 470 g/mol. The molecule has 0 fully saturated rings. The van der Waals surface area contributed by atoms with Crippen LogP contribution in [-0.4, -0.2) is 192 Å². The summed E-state index contributed by atoms with van der Waals surface area (Å²) in [6.07, 6.45) is -3.67. The van der Waals surface area contributed by atoms with Crippen LogP contribution in [0.25, 0.3) is 0 Å². The van der Waals surface area contributed by atoms with E-state index in [1.807, 2.05) is 0 Å². The Morgan fingerprint density at radius 3 is 0.565 bits per heavy atom. The first kappa shape index (κ1) is 56.3. The van der Waals surface area contributed by atoms with Crippen LogP contribution < -0.4 is 0 Å². The minimum absolute atomic E-state index is 0. The summed E-state index contributed by atoms with van der Waals surface area (Å²) in [5, 5.41) is 27.9. The van der Waals surface area contributed by atoms with Gasteiger partial charge >= 0.3 is 126 Å². The van der Waals surface area contributed by atoms with Gasteiger partial charge in [0.2, 0.25) is 0 Å². The molecule has 0 rings (SSSR count). The Kier molecular flexibility index (Phi) is 77.6. The molecule has 0 bridgehead atoms. The Balaban J connectivity index is -0.0000000152. The Labute approximate surface area is 218 Å². The molecule has 0 aromatic heterocycles. The fraction of sp³-hybridized carbons (Fsp3) is 0. The monoisotopic (exact) mass is 470 g/mol. The van der Waals surface area contributed by atoms with Crippen molar-refractivity contribution in [2.45, 2.75) is 0 Å². The largest absolute Gasteiger partial charge is 2.00 e. The van der Waals surface area contributed by atoms with Gasteiger partial charge in [-0.2, -0.15) is 0 Å². The summed E-state index contributed by atoms with van der Waals surface area (Å²) in [5.74, 6) is 0. The molecule has 0 aliphatic carbocycles. The van der Waals surface area contributed by atoms with E-state index in [1.165, 1.54) is 0 Å². The standard InChI is InChI=1S/2CH2O3.3Ca.2H2O4S.2H2O/c2*2-1(3)4;;;;2*1-5(2,3)4;;/h2*(H2,2,3,4);;;;2*(H2,1,2,3,4);2*1H2/q;;3*+2;;;;/p-6. The summed E-state index contributed by atoms with van der Waals surface area (Å²) in [4.78, 5) is 17.1. The molecule has 0 radical (unpaired) electrons. The molecule has 128 valence electrons. The van der Waals surface area contributed by atoms with Crippen molar-refractivity contribution in [1.82, 2.24) is 0 Å². The molecule has 0 aliphatic rings. The zero-order chi connectivity index (χ0) is 16.2. The molecule has 0 amide bonds. The van der Waals surface area contributed by atoms with Gasteiger partial charge in [-0.25, -0.2) is 9.59 Å². The van der Waals surface area contributed by atoms with Crippen LogP contribution in [0.2, 0.25) is 0 Å². The molecule has 0 unspecified atom stereocenters. The van der Waals surface area contributed by atoms with Gasteiger partial charge in [-0.05, 0) is 0 Å². The number of hydrogen-bond acceptors (Lipinski definition) is 12. The summed E-state index contributed by atoms with van der Waals surface area (Å²) >= 11 is 0. The first-order valence-electron chi connectivity index (χ1n) is 2.64. The zero-order valence-corrected chi connectivity index (χ0v) is 19.0. The maximum Gasteiger partial charge on any atom is 2.00 e. The van der Waals surface area contributed by atoms with E-state index in [1.54, 1.807) is 0 Å². The molecule has 0 saturated carbocycles. The predicted molar refractivity (Wildman–Crippen MR) is 63.4 cm³/mol. The average Bonchev–Trinajstić information content (AvgIpc) is 1.70. The fourth-order valence-corrected chi connectivity index (χ4v) is 0. The molecule has 16 nitrogen and oxygen atoms in total. The van der Waals surface area contributed by atoms with Crippen molar-refractivity contribution in [3.8, 4) is 0 Å². The smallest absolute Gasteiger partial charge is 0.870 e. The van der Waals surface area contributed by atoms with Gasteiger partial charge in [0.25, 0.3) is 0 Å². The summed E-state index contributed by atoms with van der Waals surface area (Å²) < 4.78 is 68.2. The molecule has 0 heterocycles. The van der Waals surface area contributed by atoms with Gasteiger partial charge in [0.05, 0.1) is 0 Å². The third-order valence-electron chi connectivity index (χ3n) is 0. The van der Waals surface area contributed by atoms with E-state index in [-0.39, 0.29) is 124 Å².